The quantitative estimate of drug-likeness (QED) is 0.644. The van der Waals surface area contributed by atoms with Gasteiger partial charge in [0, 0.05) is 12.8 Å². The van der Waals surface area contributed by atoms with Crippen LogP contribution in [0, 0.1) is 5.82 Å². The second-order valence-corrected chi connectivity index (χ2v) is 4.17. The molecule has 0 radical (unpaired) electrons. The smallest absolute Gasteiger partial charge is 0.209 e. The van der Waals surface area contributed by atoms with Gasteiger partial charge in [0.1, 0.15) is 5.82 Å². The van der Waals surface area contributed by atoms with Crippen LogP contribution in [-0.4, -0.2) is 20.2 Å². The van der Waals surface area contributed by atoms with E-state index < -0.39 is 5.82 Å². The highest BCUT2D eigenvalue weighted by atomic mass is 32.2. The molecule has 7 heteroatoms. The van der Waals surface area contributed by atoms with E-state index in [1.54, 1.807) is 23.9 Å². The summed E-state index contributed by atoms with van der Waals surface area (Å²) < 4.78 is 14.7. The summed E-state index contributed by atoms with van der Waals surface area (Å²) in [6.45, 7) is 0. The molecule has 2 rings (SSSR count). The molecule has 0 aliphatic rings. The summed E-state index contributed by atoms with van der Waals surface area (Å²) in [6, 6.07) is 4.77. The van der Waals surface area contributed by atoms with Gasteiger partial charge in [-0.3, -0.25) is 0 Å². The largest absolute Gasteiger partial charge is 0.396 e. The lowest BCUT2D eigenvalue weighted by Crippen LogP contribution is -1.94. The zero-order valence-electron chi connectivity index (χ0n) is 8.59. The number of halogens is 1. The Labute approximate surface area is 95.8 Å². The van der Waals surface area contributed by atoms with Crippen molar-refractivity contribution in [3.05, 3.63) is 29.6 Å². The molecule has 0 aliphatic carbocycles. The monoisotopic (exact) mass is 239 g/mol. The first kappa shape index (κ1) is 10.9. The SMILES string of the molecule is Cn1nnnc1SCc1ccc(N)c(F)c1. The Morgan fingerprint density at radius 2 is 2.31 bits per heavy atom. The number of aryl methyl sites for hydroxylation is 1. The molecule has 16 heavy (non-hydrogen) atoms. The fourth-order valence-corrected chi connectivity index (χ4v) is 1.94. The Hall–Kier alpha value is -1.63. The van der Waals surface area contributed by atoms with E-state index in [2.05, 4.69) is 15.5 Å². The van der Waals surface area contributed by atoms with Crippen LogP contribution < -0.4 is 5.73 Å². The zero-order chi connectivity index (χ0) is 11.5. The fraction of sp³-hybridized carbons (Fsp3) is 0.222. The van der Waals surface area contributed by atoms with E-state index in [0.29, 0.717) is 10.9 Å². The van der Waals surface area contributed by atoms with E-state index in [1.807, 2.05) is 0 Å². The van der Waals surface area contributed by atoms with Crippen LogP contribution in [0.2, 0.25) is 0 Å². The van der Waals surface area contributed by atoms with Crippen molar-refractivity contribution in [1.29, 1.82) is 0 Å². The van der Waals surface area contributed by atoms with Crippen molar-refractivity contribution in [3.63, 3.8) is 0 Å². The molecule has 0 unspecified atom stereocenters. The topological polar surface area (TPSA) is 69.6 Å². The molecule has 0 aliphatic heterocycles. The lowest BCUT2D eigenvalue weighted by Gasteiger charge is -2.02. The summed E-state index contributed by atoms with van der Waals surface area (Å²) >= 11 is 1.44. The number of hydrogen-bond acceptors (Lipinski definition) is 5. The van der Waals surface area contributed by atoms with E-state index in [1.165, 1.54) is 17.8 Å². The van der Waals surface area contributed by atoms with Crippen molar-refractivity contribution < 1.29 is 4.39 Å². The summed E-state index contributed by atoms with van der Waals surface area (Å²) in [5.41, 5.74) is 6.39. The van der Waals surface area contributed by atoms with Crippen LogP contribution in [-0.2, 0) is 12.8 Å². The standard InChI is InChI=1S/C9H10FN5S/c1-15-9(12-13-14-15)16-5-6-2-3-8(11)7(10)4-6/h2-4H,5,11H2,1H3. The Morgan fingerprint density at radius 3 is 2.94 bits per heavy atom. The maximum absolute atomic E-state index is 13.1. The number of tetrazole rings is 1. The van der Waals surface area contributed by atoms with Crippen LogP contribution >= 0.6 is 11.8 Å². The summed E-state index contributed by atoms with van der Waals surface area (Å²) in [6.07, 6.45) is 0. The Kier molecular flexibility index (Phi) is 3.04. The first-order chi connectivity index (χ1) is 7.66. The van der Waals surface area contributed by atoms with Gasteiger partial charge in [0.15, 0.2) is 0 Å². The van der Waals surface area contributed by atoms with Crippen LogP contribution in [0.4, 0.5) is 10.1 Å². The molecule has 0 saturated heterocycles. The van der Waals surface area contributed by atoms with E-state index >= 15 is 0 Å². The van der Waals surface area contributed by atoms with Gasteiger partial charge in [-0.15, -0.1) is 5.10 Å². The summed E-state index contributed by atoms with van der Waals surface area (Å²) in [7, 11) is 1.76. The summed E-state index contributed by atoms with van der Waals surface area (Å²) in [5.74, 6) is 0.208. The highest BCUT2D eigenvalue weighted by molar-refractivity contribution is 7.98. The number of benzene rings is 1. The zero-order valence-corrected chi connectivity index (χ0v) is 9.41. The van der Waals surface area contributed by atoms with Crippen LogP contribution in [0.1, 0.15) is 5.56 Å². The van der Waals surface area contributed by atoms with E-state index in [9.17, 15) is 4.39 Å². The highest BCUT2D eigenvalue weighted by Gasteiger charge is 2.05. The van der Waals surface area contributed by atoms with E-state index in [4.69, 9.17) is 5.73 Å². The van der Waals surface area contributed by atoms with E-state index in [-0.39, 0.29) is 5.69 Å². The maximum atomic E-state index is 13.1. The Balaban J connectivity index is 2.05. The molecule has 2 N–H and O–H groups in total. The predicted octanol–water partition coefficient (Wildman–Crippen LogP) is 1.22. The van der Waals surface area contributed by atoms with Crippen LogP contribution in [0.15, 0.2) is 23.4 Å². The molecule has 0 spiro atoms. The number of anilines is 1. The average Bonchev–Trinajstić information content (AvgIpc) is 2.66. The van der Waals surface area contributed by atoms with Crippen molar-refractivity contribution in [2.75, 3.05) is 5.73 Å². The van der Waals surface area contributed by atoms with Gasteiger partial charge >= 0.3 is 0 Å². The predicted molar refractivity (Wildman–Crippen MR) is 59.2 cm³/mol. The summed E-state index contributed by atoms with van der Waals surface area (Å²) in [5, 5.41) is 11.7. The molecule has 1 aromatic carbocycles. The molecule has 0 amide bonds. The Morgan fingerprint density at radius 1 is 1.50 bits per heavy atom. The molecular formula is C9H10FN5S. The van der Waals surface area contributed by atoms with E-state index in [0.717, 1.165) is 5.56 Å². The number of nitrogens with two attached hydrogens (primary N) is 1. The molecule has 0 fully saturated rings. The Bertz CT molecular complexity index is 498. The number of aromatic nitrogens is 4. The van der Waals surface area contributed by atoms with Crippen molar-refractivity contribution in [3.8, 4) is 0 Å². The van der Waals surface area contributed by atoms with Gasteiger partial charge in [0.05, 0.1) is 5.69 Å². The molecule has 0 atom stereocenters. The molecule has 1 aromatic heterocycles. The minimum Gasteiger partial charge on any atom is -0.396 e. The average molecular weight is 239 g/mol. The molecule has 2 aromatic rings. The second kappa shape index (κ2) is 4.48. The van der Waals surface area contributed by atoms with Crippen molar-refractivity contribution in [1.82, 2.24) is 20.2 Å². The molecule has 5 nitrogen and oxygen atoms in total. The maximum Gasteiger partial charge on any atom is 0.209 e. The van der Waals surface area contributed by atoms with Gasteiger partial charge in [-0.1, -0.05) is 17.8 Å². The van der Waals surface area contributed by atoms with Gasteiger partial charge in [-0.25, -0.2) is 9.07 Å². The van der Waals surface area contributed by atoms with Crippen molar-refractivity contribution in [2.45, 2.75) is 10.9 Å². The third-order valence-corrected chi connectivity index (χ3v) is 3.10. The third kappa shape index (κ3) is 2.30. The normalized spacial score (nSPS) is 10.6. The number of rotatable bonds is 3. The van der Waals surface area contributed by atoms with Gasteiger partial charge in [-0.2, -0.15) is 0 Å². The first-order valence-electron chi connectivity index (χ1n) is 4.56. The molecule has 1 heterocycles. The highest BCUT2D eigenvalue weighted by Crippen LogP contribution is 2.21. The number of nitrogen functional groups attached to an aromatic ring is 1. The second-order valence-electron chi connectivity index (χ2n) is 3.23. The summed E-state index contributed by atoms with van der Waals surface area (Å²) in [4.78, 5) is 0. The molecule has 0 bridgehead atoms. The first-order valence-corrected chi connectivity index (χ1v) is 5.54. The van der Waals surface area contributed by atoms with Crippen LogP contribution in [0.5, 0.6) is 0 Å². The van der Waals surface area contributed by atoms with Crippen molar-refractivity contribution >= 4 is 17.4 Å². The molecular weight excluding hydrogens is 229 g/mol. The minimum atomic E-state index is -0.394. The lowest BCUT2D eigenvalue weighted by atomic mass is 10.2. The molecule has 0 saturated carbocycles. The fourth-order valence-electron chi connectivity index (χ4n) is 1.15. The number of nitrogens with zero attached hydrogens (tertiary/aromatic N) is 4. The molecule has 84 valence electrons. The van der Waals surface area contributed by atoms with Gasteiger partial charge in [0.25, 0.3) is 0 Å². The van der Waals surface area contributed by atoms with Crippen LogP contribution in [0.25, 0.3) is 0 Å². The number of hydrogen-bond donors (Lipinski definition) is 1. The van der Waals surface area contributed by atoms with Gasteiger partial charge < -0.3 is 5.73 Å². The third-order valence-electron chi connectivity index (χ3n) is 2.01. The van der Waals surface area contributed by atoms with Crippen molar-refractivity contribution in [2.24, 2.45) is 7.05 Å². The lowest BCUT2D eigenvalue weighted by molar-refractivity contribution is 0.631. The van der Waals surface area contributed by atoms with Gasteiger partial charge in [0.2, 0.25) is 5.16 Å². The van der Waals surface area contributed by atoms with Crippen LogP contribution in [0.3, 0.4) is 0 Å². The number of thioether (sulfide) groups is 1. The minimum absolute atomic E-state index is 0.161. The van der Waals surface area contributed by atoms with Gasteiger partial charge in [-0.05, 0) is 28.1 Å².